The zero-order valence-electron chi connectivity index (χ0n) is 9.10. The Labute approximate surface area is 97.5 Å². The quantitative estimate of drug-likeness (QED) is 0.858. The Morgan fingerprint density at radius 2 is 1.93 bits per heavy atom. The highest BCUT2D eigenvalue weighted by Crippen LogP contribution is 2.21. The molecule has 0 heterocycles. The van der Waals surface area contributed by atoms with E-state index in [1.807, 2.05) is 24.3 Å². The minimum absolute atomic E-state index is 0. The van der Waals surface area contributed by atoms with Gasteiger partial charge in [-0.05, 0) is 24.0 Å². The van der Waals surface area contributed by atoms with Crippen LogP contribution >= 0.6 is 12.4 Å². The lowest BCUT2D eigenvalue weighted by atomic mass is 9.95. The van der Waals surface area contributed by atoms with Crippen LogP contribution in [0.2, 0.25) is 0 Å². The molecule has 0 unspecified atom stereocenters. The smallest absolute Gasteiger partial charge is 0.0995 e. The number of nitrogens with two attached hydrogens (primary N) is 1. The zero-order chi connectivity index (χ0) is 10.6. The molecule has 1 atom stereocenters. The van der Waals surface area contributed by atoms with Gasteiger partial charge in [0.05, 0.1) is 11.6 Å². The van der Waals surface area contributed by atoms with Crippen LogP contribution in [-0.4, -0.2) is 0 Å². The van der Waals surface area contributed by atoms with Gasteiger partial charge in [0.1, 0.15) is 0 Å². The lowest BCUT2D eigenvalue weighted by Crippen LogP contribution is -2.14. The molecule has 0 aliphatic rings. The molecule has 0 bridgehead atoms. The molecule has 0 spiro atoms. The van der Waals surface area contributed by atoms with E-state index in [-0.39, 0.29) is 18.4 Å². The van der Waals surface area contributed by atoms with E-state index >= 15 is 0 Å². The number of rotatable bonds is 3. The van der Waals surface area contributed by atoms with Crippen molar-refractivity contribution in [2.75, 3.05) is 0 Å². The summed E-state index contributed by atoms with van der Waals surface area (Å²) < 4.78 is 0. The maximum Gasteiger partial charge on any atom is 0.0995 e. The average molecular weight is 225 g/mol. The molecule has 3 heteroatoms. The highest BCUT2D eigenvalue weighted by molar-refractivity contribution is 5.85. The molecular weight excluding hydrogens is 208 g/mol. The van der Waals surface area contributed by atoms with Crippen molar-refractivity contribution in [2.24, 2.45) is 11.7 Å². The van der Waals surface area contributed by atoms with Gasteiger partial charge in [-0.2, -0.15) is 5.26 Å². The predicted molar refractivity (Wildman–Crippen MR) is 64.8 cm³/mol. The van der Waals surface area contributed by atoms with E-state index < -0.39 is 0 Å². The molecule has 0 saturated carbocycles. The van der Waals surface area contributed by atoms with Crippen LogP contribution in [0.25, 0.3) is 0 Å². The summed E-state index contributed by atoms with van der Waals surface area (Å²) >= 11 is 0. The minimum Gasteiger partial charge on any atom is -0.324 e. The Morgan fingerprint density at radius 1 is 1.33 bits per heavy atom. The first-order valence-corrected chi connectivity index (χ1v) is 4.89. The lowest BCUT2D eigenvalue weighted by Gasteiger charge is -2.15. The molecule has 1 aromatic rings. The standard InChI is InChI=1S/C12H16N2.ClH/c1-9(2)7-12(14)11-6-4-3-5-10(11)8-13;/h3-6,9,12H,7,14H2,1-2H3;1H/t12-;/m1./s1. The molecule has 1 aromatic carbocycles. The van der Waals surface area contributed by atoms with Gasteiger partial charge in [0, 0.05) is 6.04 Å². The zero-order valence-corrected chi connectivity index (χ0v) is 9.92. The van der Waals surface area contributed by atoms with Crippen molar-refractivity contribution in [2.45, 2.75) is 26.3 Å². The molecule has 2 nitrogen and oxygen atoms in total. The van der Waals surface area contributed by atoms with Crippen LogP contribution in [0, 0.1) is 17.2 Å². The van der Waals surface area contributed by atoms with E-state index in [1.165, 1.54) is 0 Å². The molecule has 0 fully saturated rings. The van der Waals surface area contributed by atoms with Crippen molar-refractivity contribution < 1.29 is 0 Å². The Balaban J connectivity index is 0.00000196. The summed E-state index contributed by atoms with van der Waals surface area (Å²) in [6, 6.07) is 9.69. The van der Waals surface area contributed by atoms with Gasteiger partial charge in [0.2, 0.25) is 0 Å². The van der Waals surface area contributed by atoms with Gasteiger partial charge in [-0.1, -0.05) is 32.0 Å². The van der Waals surface area contributed by atoms with E-state index in [9.17, 15) is 0 Å². The molecule has 0 radical (unpaired) electrons. The highest BCUT2D eigenvalue weighted by atomic mass is 35.5. The van der Waals surface area contributed by atoms with Crippen molar-refractivity contribution >= 4 is 12.4 Å². The van der Waals surface area contributed by atoms with Gasteiger partial charge in [0.25, 0.3) is 0 Å². The summed E-state index contributed by atoms with van der Waals surface area (Å²) in [5, 5.41) is 8.90. The van der Waals surface area contributed by atoms with Crippen molar-refractivity contribution in [3.63, 3.8) is 0 Å². The van der Waals surface area contributed by atoms with Crippen LogP contribution in [0.3, 0.4) is 0 Å². The Hall–Kier alpha value is -1.04. The normalized spacial score (nSPS) is 11.7. The number of halogens is 1. The second kappa shape index (κ2) is 6.44. The molecule has 0 aliphatic carbocycles. The monoisotopic (exact) mass is 224 g/mol. The van der Waals surface area contributed by atoms with E-state index in [0.717, 1.165) is 12.0 Å². The third kappa shape index (κ3) is 3.91. The maximum absolute atomic E-state index is 8.90. The molecule has 15 heavy (non-hydrogen) atoms. The molecule has 1 rings (SSSR count). The van der Waals surface area contributed by atoms with Crippen LogP contribution < -0.4 is 5.73 Å². The molecule has 82 valence electrons. The third-order valence-corrected chi connectivity index (χ3v) is 2.21. The average Bonchev–Trinajstić information content (AvgIpc) is 2.16. The largest absolute Gasteiger partial charge is 0.324 e. The number of hydrogen-bond donors (Lipinski definition) is 1. The summed E-state index contributed by atoms with van der Waals surface area (Å²) in [4.78, 5) is 0. The molecule has 2 N–H and O–H groups in total. The molecule has 0 amide bonds. The second-order valence-corrected chi connectivity index (χ2v) is 3.94. The van der Waals surface area contributed by atoms with Crippen molar-refractivity contribution in [1.82, 2.24) is 0 Å². The van der Waals surface area contributed by atoms with E-state index in [2.05, 4.69) is 19.9 Å². The number of hydrogen-bond acceptors (Lipinski definition) is 2. The Bertz CT molecular complexity index is 342. The molecule has 0 aliphatic heterocycles. The molecular formula is C12H17ClN2. The minimum atomic E-state index is -0.0224. The van der Waals surface area contributed by atoms with E-state index in [0.29, 0.717) is 11.5 Å². The summed E-state index contributed by atoms with van der Waals surface area (Å²) in [6.07, 6.45) is 0.915. The molecule has 0 saturated heterocycles. The maximum atomic E-state index is 8.90. The first-order chi connectivity index (χ1) is 6.65. The summed E-state index contributed by atoms with van der Waals surface area (Å²) in [5.41, 5.74) is 7.68. The van der Waals surface area contributed by atoms with Crippen LogP contribution in [0.1, 0.15) is 37.4 Å². The third-order valence-electron chi connectivity index (χ3n) is 2.21. The summed E-state index contributed by atoms with van der Waals surface area (Å²) in [7, 11) is 0. The van der Waals surface area contributed by atoms with Gasteiger partial charge in [-0.25, -0.2) is 0 Å². The predicted octanol–water partition coefficient (Wildman–Crippen LogP) is 3.03. The van der Waals surface area contributed by atoms with Gasteiger partial charge < -0.3 is 5.73 Å². The number of nitrogens with zero attached hydrogens (tertiary/aromatic N) is 1. The van der Waals surface area contributed by atoms with Crippen LogP contribution in [-0.2, 0) is 0 Å². The fourth-order valence-corrected chi connectivity index (χ4v) is 1.56. The fourth-order valence-electron chi connectivity index (χ4n) is 1.56. The second-order valence-electron chi connectivity index (χ2n) is 3.94. The van der Waals surface area contributed by atoms with E-state index in [4.69, 9.17) is 11.0 Å². The van der Waals surface area contributed by atoms with Crippen molar-refractivity contribution in [3.8, 4) is 6.07 Å². The lowest BCUT2D eigenvalue weighted by molar-refractivity contribution is 0.509. The topological polar surface area (TPSA) is 49.8 Å². The SMILES string of the molecule is CC(C)C[C@@H](N)c1ccccc1C#N.Cl. The summed E-state index contributed by atoms with van der Waals surface area (Å²) in [6.45, 7) is 4.27. The Morgan fingerprint density at radius 3 is 2.47 bits per heavy atom. The van der Waals surface area contributed by atoms with Gasteiger partial charge in [-0.3, -0.25) is 0 Å². The molecule has 0 aromatic heterocycles. The van der Waals surface area contributed by atoms with Gasteiger partial charge in [0.15, 0.2) is 0 Å². The van der Waals surface area contributed by atoms with Crippen LogP contribution in [0.15, 0.2) is 24.3 Å². The summed E-state index contributed by atoms with van der Waals surface area (Å²) in [5.74, 6) is 0.553. The number of benzene rings is 1. The number of nitriles is 1. The van der Waals surface area contributed by atoms with E-state index in [1.54, 1.807) is 0 Å². The van der Waals surface area contributed by atoms with Gasteiger partial charge >= 0.3 is 0 Å². The highest BCUT2D eigenvalue weighted by Gasteiger charge is 2.11. The first kappa shape index (κ1) is 14.0. The van der Waals surface area contributed by atoms with Crippen LogP contribution in [0.5, 0.6) is 0 Å². The van der Waals surface area contributed by atoms with Gasteiger partial charge in [-0.15, -0.1) is 12.4 Å². The van der Waals surface area contributed by atoms with Crippen LogP contribution in [0.4, 0.5) is 0 Å². The first-order valence-electron chi connectivity index (χ1n) is 4.89. The van der Waals surface area contributed by atoms with Crippen molar-refractivity contribution in [3.05, 3.63) is 35.4 Å². The Kier molecular flexibility index (Phi) is 6.00. The van der Waals surface area contributed by atoms with Crippen molar-refractivity contribution in [1.29, 1.82) is 5.26 Å². The fraction of sp³-hybridized carbons (Fsp3) is 0.417.